The maximum Gasteiger partial charge on any atom is 0.0149 e. The number of rotatable bonds is 1. The number of piperidine rings is 1. The van der Waals surface area contributed by atoms with Crippen LogP contribution in [0.5, 0.6) is 0 Å². The highest BCUT2D eigenvalue weighted by Crippen LogP contribution is 2.41. The van der Waals surface area contributed by atoms with Gasteiger partial charge in [0.25, 0.3) is 0 Å². The standard InChI is InChI=1S/C15H30N2/c1-11-12(2)17(10-8-13(11)16)14-7-5-6-9-15(14,3)4/h11-14H,5-10,16H2,1-4H3. The van der Waals surface area contributed by atoms with E-state index in [2.05, 4.69) is 32.6 Å². The van der Waals surface area contributed by atoms with Gasteiger partial charge in [0.1, 0.15) is 0 Å². The highest BCUT2D eigenvalue weighted by Gasteiger charge is 2.41. The van der Waals surface area contributed by atoms with Crippen LogP contribution in [-0.4, -0.2) is 29.6 Å². The summed E-state index contributed by atoms with van der Waals surface area (Å²) in [6.45, 7) is 10.8. The Balaban J connectivity index is 2.10. The zero-order valence-corrected chi connectivity index (χ0v) is 12.1. The van der Waals surface area contributed by atoms with Crippen molar-refractivity contribution in [2.75, 3.05) is 6.54 Å². The van der Waals surface area contributed by atoms with Crippen molar-refractivity contribution in [3.8, 4) is 0 Å². The Hall–Kier alpha value is -0.0800. The molecule has 1 saturated carbocycles. The van der Waals surface area contributed by atoms with E-state index in [-0.39, 0.29) is 0 Å². The number of nitrogens with two attached hydrogens (primary N) is 1. The summed E-state index contributed by atoms with van der Waals surface area (Å²) in [5.41, 5.74) is 6.70. The quantitative estimate of drug-likeness (QED) is 0.761. The fraction of sp³-hybridized carbons (Fsp3) is 1.00. The molecule has 1 saturated heterocycles. The molecule has 4 atom stereocenters. The lowest BCUT2D eigenvalue weighted by Crippen LogP contribution is -2.59. The van der Waals surface area contributed by atoms with Gasteiger partial charge >= 0.3 is 0 Å². The maximum absolute atomic E-state index is 6.20. The molecule has 0 aromatic rings. The largest absolute Gasteiger partial charge is 0.327 e. The summed E-state index contributed by atoms with van der Waals surface area (Å²) in [5, 5.41) is 0. The van der Waals surface area contributed by atoms with E-state index in [9.17, 15) is 0 Å². The Bertz CT molecular complexity index is 262. The van der Waals surface area contributed by atoms with Crippen LogP contribution in [0.2, 0.25) is 0 Å². The van der Waals surface area contributed by atoms with Crippen LogP contribution >= 0.6 is 0 Å². The predicted octanol–water partition coefficient (Wildman–Crippen LogP) is 3.01. The monoisotopic (exact) mass is 238 g/mol. The number of nitrogens with zero attached hydrogens (tertiary/aromatic N) is 1. The molecule has 0 radical (unpaired) electrons. The van der Waals surface area contributed by atoms with Crippen LogP contribution in [0.1, 0.15) is 59.8 Å². The normalized spacial score (nSPS) is 43.6. The second-order valence-electron chi connectivity index (χ2n) is 7.04. The van der Waals surface area contributed by atoms with Gasteiger partial charge in [0.2, 0.25) is 0 Å². The third kappa shape index (κ3) is 2.53. The molecule has 2 fully saturated rings. The van der Waals surface area contributed by atoms with E-state index in [0.29, 0.717) is 23.4 Å². The van der Waals surface area contributed by atoms with Gasteiger partial charge < -0.3 is 5.73 Å². The van der Waals surface area contributed by atoms with Gasteiger partial charge in [-0.15, -0.1) is 0 Å². The number of hydrogen-bond donors (Lipinski definition) is 1. The van der Waals surface area contributed by atoms with Gasteiger partial charge in [0, 0.05) is 24.7 Å². The van der Waals surface area contributed by atoms with Crippen molar-refractivity contribution >= 4 is 0 Å². The smallest absolute Gasteiger partial charge is 0.0149 e. The molecule has 2 nitrogen and oxygen atoms in total. The minimum atomic E-state index is 0.410. The molecule has 0 bridgehead atoms. The van der Waals surface area contributed by atoms with Gasteiger partial charge in [-0.05, 0) is 37.5 Å². The van der Waals surface area contributed by atoms with Crippen molar-refractivity contribution in [3.63, 3.8) is 0 Å². The minimum absolute atomic E-state index is 0.410. The average Bonchev–Trinajstić information content (AvgIpc) is 2.27. The first kappa shape index (κ1) is 13.4. The average molecular weight is 238 g/mol. The lowest BCUT2D eigenvalue weighted by atomic mass is 9.71. The van der Waals surface area contributed by atoms with Gasteiger partial charge in [-0.1, -0.05) is 33.6 Å². The van der Waals surface area contributed by atoms with Gasteiger partial charge in [0.05, 0.1) is 0 Å². The van der Waals surface area contributed by atoms with Gasteiger partial charge in [-0.3, -0.25) is 4.90 Å². The topological polar surface area (TPSA) is 29.3 Å². The van der Waals surface area contributed by atoms with E-state index < -0.39 is 0 Å². The number of hydrogen-bond acceptors (Lipinski definition) is 2. The highest BCUT2D eigenvalue weighted by atomic mass is 15.2. The van der Waals surface area contributed by atoms with E-state index in [1.807, 2.05) is 0 Å². The zero-order valence-electron chi connectivity index (χ0n) is 12.1. The summed E-state index contributed by atoms with van der Waals surface area (Å²) in [6.07, 6.45) is 6.79. The lowest BCUT2D eigenvalue weighted by Gasteiger charge is -2.52. The van der Waals surface area contributed by atoms with Crippen LogP contribution in [0, 0.1) is 11.3 Å². The molecular weight excluding hydrogens is 208 g/mol. The summed E-state index contributed by atoms with van der Waals surface area (Å²) in [4.78, 5) is 2.77. The molecule has 0 spiro atoms. The number of likely N-dealkylation sites (tertiary alicyclic amines) is 1. The van der Waals surface area contributed by atoms with E-state index in [1.165, 1.54) is 38.6 Å². The highest BCUT2D eigenvalue weighted by molar-refractivity contribution is 4.96. The minimum Gasteiger partial charge on any atom is -0.327 e. The zero-order chi connectivity index (χ0) is 12.6. The molecule has 17 heavy (non-hydrogen) atoms. The van der Waals surface area contributed by atoms with E-state index >= 15 is 0 Å². The van der Waals surface area contributed by atoms with Crippen molar-refractivity contribution in [2.24, 2.45) is 17.1 Å². The molecule has 2 rings (SSSR count). The second-order valence-corrected chi connectivity index (χ2v) is 7.04. The first-order chi connectivity index (χ1) is 7.93. The van der Waals surface area contributed by atoms with Crippen molar-refractivity contribution in [1.29, 1.82) is 0 Å². The first-order valence-corrected chi connectivity index (χ1v) is 7.45. The van der Waals surface area contributed by atoms with E-state index in [0.717, 1.165) is 6.04 Å². The van der Waals surface area contributed by atoms with Crippen molar-refractivity contribution < 1.29 is 0 Å². The molecule has 1 heterocycles. The van der Waals surface area contributed by atoms with Crippen LogP contribution in [0.3, 0.4) is 0 Å². The van der Waals surface area contributed by atoms with Gasteiger partial charge in [0.15, 0.2) is 0 Å². The third-order valence-corrected chi connectivity index (χ3v) is 5.53. The Labute approximate surface area is 107 Å². The molecule has 2 N–H and O–H groups in total. The second kappa shape index (κ2) is 4.89. The van der Waals surface area contributed by atoms with Crippen LogP contribution in [0.4, 0.5) is 0 Å². The Morgan fingerprint density at radius 3 is 2.47 bits per heavy atom. The SMILES string of the molecule is CC1C(N)CCN(C2CCCCC2(C)C)C1C. The summed E-state index contributed by atoms with van der Waals surface area (Å²) >= 11 is 0. The van der Waals surface area contributed by atoms with Crippen LogP contribution < -0.4 is 5.73 Å². The fourth-order valence-electron chi connectivity index (χ4n) is 3.95. The molecule has 0 aromatic heterocycles. The van der Waals surface area contributed by atoms with Crippen molar-refractivity contribution in [1.82, 2.24) is 4.90 Å². The molecule has 1 aliphatic heterocycles. The van der Waals surface area contributed by atoms with Gasteiger partial charge in [-0.2, -0.15) is 0 Å². The molecule has 100 valence electrons. The van der Waals surface area contributed by atoms with E-state index in [4.69, 9.17) is 5.73 Å². The molecule has 2 heteroatoms. The van der Waals surface area contributed by atoms with Crippen molar-refractivity contribution in [3.05, 3.63) is 0 Å². The summed E-state index contributed by atoms with van der Waals surface area (Å²) in [5.74, 6) is 0.640. The first-order valence-electron chi connectivity index (χ1n) is 7.45. The molecule has 2 aliphatic rings. The van der Waals surface area contributed by atoms with Crippen molar-refractivity contribution in [2.45, 2.75) is 77.9 Å². The Morgan fingerprint density at radius 2 is 1.82 bits per heavy atom. The fourth-order valence-corrected chi connectivity index (χ4v) is 3.95. The molecule has 0 aromatic carbocycles. The maximum atomic E-state index is 6.20. The molecular formula is C15H30N2. The molecule has 1 aliphatic carbocycles. The van der Waals surface area contributed by atoms with Crippen LogP contribution in [-0.2, 0) is 0 Å². The summed E-state index contributed by atoms with van der Waals surface area (Å²) < 4.78 is 0. The Kier molecular flexibility index (Phi) is 3.84. The molecule has 4 unspecified atom stereocenters. The third-order valence-electron chi connectivity index (χ3n) is 5.53. The van der Waals surface area contributed by atoms with E-state index in [1.54, 1.807) is 0 Å². The van der Waals surface area contributed by atoms with Crippen LogP contribution in [0.25, 0.3) is 0 Å². The van der Waals surface area contributed by atoms with Gasteiger partial charge in [-0.25, -0.2) is 0 Å². The summed E-state index contributed by atoms with van der Waals surface area (Å²) in [6, 6.07) is 1.84. The predicted molar refractivity (Wildman–Crippen MR) is 74.0 cm³/mol. The summed E-state index contributed by atoms with van der Waals surface area (Å²) in [7, 11) is 0. The lowest BCUT2D eigenvalue weighted by molar-refractivity contribution is -0.0181. The van der Waals surface area contributed by atoms with Crippen LogP contribution in [0.15, 0.2) is 0 Å². The Morgan fingerprint density at radius 1 is 1.12 bits per heavy atom. The molecule has 0 amide bonds.